The summed E-state index contributed by atoms with van der Waals surface area (Å²) in [5, 5.41) is 0. The molecule has 0 bridgehead atoms. The van der Waals surface area contributed by atoms with Crippen molar-refractivity contribution in [3.63, 3.8) is 0 Å². The van der Waals surface area contributed by atoms with E-state index in [-0.39, 0.29) is 0 Å². The number of hydrogen-bond acceptors (Lipinski definition) is 3. The van der Waals surface area contributed by atoms with Crippen molar-refractivity contribution in [1.82, 2.24) is 0 Å². The van der Waals surface area contributed by atoms with Gasteiger partial charge in [-0.05, 0) is 42.7 Å². The number of ether oxygens (including phenoxy) is 1. The van der Waals surface area contributed by atoms with Gasteiger partial charge >= 0.3 is 0 Å². The number of rotatable bonds is 4. The van der Waals surface area contributed by atoms with Crippen LogP contribution in [0.15, 0.2) is 100 Å². The lowest BCUT2D eigenvalue weighted by molar-refractivity contribution is 0.314. The lowest BCUT2D eigenvalue weighted by atomic mass is 9.79. The van der Waals surface area contributed by atoms with Crippen LogP contribution in [-0.2, 0) is 10.3 Å². The Labute approximate surface area is 166 Å². The normalized spacial score (nSPS) is 22.6. The quantitative estimate of drug-likeness (QED) is 0.668. The minimum Gasteiger partial charge on any atom is -0.494 e. The van der Waals surface area contributed by atoms with Gasteiger partial charge in [-0.2, -0.15) is 0 Å². The first-order valence-electron chi connectivity index (χ1n) is 9.61. The summed E-state index contributed by atoms with van der Waals surface area (Å²) in [5.74, 6) is 0.758. The number of methoxy groups -OCH3 is 1. The molecule has 1 aliphatic carbocycles. The largest absolute Gasteiger partial charge is 0.494 e. The average Bonchev–Trinajstić information content (AvgIpc) is 2.74. The fourth-order valence-electron chi connectivity index (χ4n) is 3.75. The molecule has 0 spiro atoms. The Morgan fingerprint density at radius 3 is 2.25 bits per heavy atom. The molecule has 3 nitrogen and oxygen atoms in total. The molecular weight excluding hydrogens is 344 g/mol. The first kappa shape index (κ1) is 18.2. The van der Waals surface area contributed by atoms with Crippen LogP contribution in [0.2, 0.25) is 0 Å². The Kier molecular flexibility index (Phi) is 4.82. The lowest BCUT2D eigenvalue weighted by Gasteiger charge is -2.33. The van der Waals surface area contributed by atoms with Gasteiger partial charge in [-0.3, -0.25) is 9.98 Å². The maximum atomic E-state index is 5.73. The molecule has 28 heavy (non-hydrogen) atoms. The van der Waals surface area contributed by atoms with Crippen LogP contribution in [0.25, 0.3) is 5.57 Å². The van der Waals surface area contributed by atoms with Crippen molar-refractivity contribution in [1.29, 1.82) is 0 Å². The number of hydrogen-bond donors (Lipinski definition) is 0. The highest BCUT2D eigenvalue weighted by atomic mass is 16.5. The van der Waals surface area contributed by atoms with Crippen molar-refractivity contribution in [3.05, 3.63) is 101 Å². The molecule has 1 unspecified atom stereocenters. The van der Waals surface area contributed by atoms with E-state index in [0.29, 0.717) is 0 Å². The van der Waals surface area contributed by atoms with Crippen LogP contribution in [0.1, 0.15) is 25.0 Å². The smallest absolute Gasteiger partial charge is 0.146 e. The summed E-state index contributed by atoms with van der Waals surface area (Å²) < 4.78 is 5.73. The van der Waals surface area contributed by atoms with E-state index in [4.69, 9.17) is 9.73 Å². The average molecular weight is 368 g/mol. The van der Waals surface area contributed by atoms with E-state index in [1.54, 1.807) is 7.11 Å². The zero-order chi connectivity index (χ0) is 19.6. The number of dihydropyridines is 1. The monoisotopic (exact) mass is 368 g/mol. The Bertz CT molecular complexity index is 1030. The highest BCUT2D eigenvalue weighted by molar-refractivity contribution is 6.30. The Hall–Kier alpha value is -3.20. The molecule has 0 N–H and O–H groups in total. The van der Waals surface area contributed by atoms with Crippen molar-refractivity contribution >= 4 is 17.0 Å². The Morgan fingerprint density at radius 1 is 0.929 bits per heavy atom. The predicted octanol–water partition coefficient (Wildman–Crippen LogP) is 5.37. The molecular formula is C25H24N2O. The molecule has 1 aliphatic heterocycles. The summed E-state index contributed by atoms with van der Waals surface area (Å²) in [7, 11) is 1.70. The molecule has 0 fully saturated rings. The van der Waals surface area contributed by atoms with Gasteiger partial charge in [0.1, 0.15) is 17.0 Å². The number of aliphatic imine (C=N–C) groups is 2. The second-order valence-corrected chi connectivity index (χ2v) is 7.07. The van der Waals surface area contributed by atoms with Crippen molar-refractivity contribution in [3.8, 4) is 0 Å². The molecule has 1 heterocycles. The van der Waals surface area contributed by atoms with Gasteiger partial charge in [0, 0.05) is 18.2 Å². The summed E-state index contributed by atoms with van der Waals surface area (Å²) in [4.78, 5) is 9.75. The minimum absolute atomic E-state index is 0.476. The lowest BCUT2D eigenvalue weighted by Crippen LogP contribution is -2.28. The number of benzene rings is 2. The van der Waals surface area contributed by atoms with Crippen LogP contribution in [0.3, 0.4) is 0 Å². The molecule has 0 saturated carbocycles. The van der Waals surface area contributed by atoms with Gasteiger partial charge in [0.25, 0.3) is 0 Å². The topological polar surface area (TPSA) is 34.0 Å². The summed E-state index contributed by atoms with van der Waals surface area (Å²) in [5.41, 5.74) is 5.85. The molecule has 2 aliphatic rings. The Morgan fingerprint density at radius 2 is 1.61 bits per heavy atom. The van der Waals surface area contributed by atoms with Gasteiger partial charge in [-0.1, -0.05) is 60.7 Å². The first-order chi connectivity index (χ1) is 13.6. The molecule has 0 radical (unpaired) electrons. The SMILES string of the molecule is CCN=C1C=C(OC)C2=NC(C)(c3ccccc3)C=C(c3ccccc3)C2=C1. The van der Waals surface area contributed by atoms with E-state index in [2.05, 4.69) is 72.6 Å². The molecule has 4 rings (SSSR count). The minimum atomic E-state index is -0.476. The van der Waals surface area contributed by atoms with Crippen LogP contribution in [0, 0.1) is 0 Å². The summed E-state index contributed by atoms with van der Waals surface area (Å²) in [6, 6.07) is 20.9. The molecule has 140 valence electrons. The summed E-state index contributed by atoms with van der Waals surface area (Å²) >= 11 is 0. The third kappa shape index (κ3) is 3.24. The van der Waals surface area contributed by atoms with Crippen molar-refractivity contribution in [2.45, 2.75) is 19.4 Å². The van der Waals surface area contributed by atoms with E-state index >= 15 is 0 Å². The number of nitrogens with zero attached hydrogens (tertiary/aromatic N) is 2. The zero-order valence-electron chi connectivity index (χ0n) is 16.5. The van der Waals surface area contributed by atoms with Crippen LogP contribution in [0.4, 0.5) is 0 Å². The van der Waals surface area contributed by atoms with E-state index in [0.717, 1.165) is 46.0 Å². The van der Waals surface area contributed by atoms with E-state index in [1.165, 1.54) is 0 Å². The zero-order valence-corrected chi connectivity index (χ0v) is 16.5. The third-order valence-electron chi connectivity index (χ3n) is 5.12. The predicted molar refractivity (Wildman–Crippen MR) is 117 cm³/mol. The van der Waals surface area contributed by atoms with Gasteiger partial charge in [-0.25, -0.2) is 0 Å². The highest BCUT2D eigenvalue weighted by Gasteiger charge is 2.35. The first-order valence-corrected chi connectivity index (χ1v) is 9.61. The Balaban J connectivity index is 1.96. The molecule has 0 aromatic heterocycles. The van der Waals surface area contributed by atoms with Gasteiger partial charge < -0.3 is 4.74 Å². The number of fused-ring (bicyclic) bond motifs is 1. The van der Waals surface area contributed by atoms with Crippen LogP contribution in [0.5, 0.6) is 0 Å². The van der Waals surface area contributed by atoms with Gasteiger partial charge in [-0.15, -0.1) is 0 Å². The third-order valence-corrected chi connectivity index (χ3v) is 5.12. The molecule has 3 heteroatoms. The fraction of sp³-hybridized carbons (Fsp3) is 0.200. The molecule has 1 atom stereocenters. The number of allylic oxidation sites excluding steroid dienone is 4. The maximum absolute atomic E-state index is 5.73. The second kappa shape index (κ2) is 7.43. The standard InChI is InChI=1S/C25H24N2O/c1-4-26-20-15-21-22(18-11-7-5-8-12-18)17-25(2,19-13-9-6-10-14-19)27-24(21)23(16-20)28-3/h5-17H,4H2,1-3H3. The van der Waals surface area contributed by atoms with E-state index < -0.39 is 5.54 Å². The molecule has 0 amide bonds. The fourth-order valence-corrected chi connectivity index (χ4v) is 3.75. The molecule has 2 aromatic rings. The second-order valence-electron chi connectivity index (χ2n) is 7.07. The highest BCUT2D eigenvalue weighted by Crippen LogP contribution is 2.41. The van der Waals surface area contributed by atoms with Gasteiger partial charge in [0.2, 0.25) is 0 Å². The maximum Gasteiger partial charge on any atom is 0.146 e. The molecule has 0 saturated heterocycles. The van der Waals surface area contributed by atoms with E-state index in [1.807, 2.05) is 25.1 Å². The van der Waals surface area contributed by atoms with Crippen LogP contribution >= 0.6 is 0 Å². The van der Waals surface area contributed by atoms with Crippen LogP contribution < -0.4 is 0 Å². The van der Waals surface area contributed by atoms with Crippen molar-refractivity contribution in [2.75, 3.05) is 13.7 Å². The van der Waals surface area contributed by atoms with Crippen molar-refractivity contribution in [2.24, 2.45) is 9.98 Å². The van der Waals surface area contributed by atoms with Gasteiger partial charge in [0.05, 0.1) is 12.8 Å². The summed E-state index contributed by atoms with van der Waals surface area (Å²) in [6.07, 6.45) is 6.36. The van der Waals surface area contributed by atoms with Crippen LogP contribution in [-0.4, -0.2) is 25.1 Å². The van der Waals surface area contributed by atoms with E-state index in [9.17, 15) is 0 Å². The van der Waals surface area contributed by atoms with Gasteiger partial charge in [0.15, 0.2) is 0 Å². The molecule has 2 aromatic carbocycles. The van der Waals surface area contributed by atoms with Crippen molar-refractivity contribution < 1.29 is 4.74 Å². The summed E-state index contributed by atoms with van der Waals surface area (Å²) in [6.45, 7) is 4.92.